The fraction of sp³-hybridized carbons (Fsp3) is 0.579. The number of alkyl halides is 3. The van der Waals surface area contributed by atoms with E-state index >= 15 is 0 Å². The van der Waals surface area contributed by atoms with Gasteiger partial charge in [-0.3, -0.25) is 0 Å². The number of piperidine rings is 1. The Balaban J connectivity index is 1.90. The Kier molecular flexibility index (Phi) is 5.44. The molecule has 2 saturated heterocycles. The van der Waals surface area contributed by atoms with Crippen molar-refractivity contribution in [1.29, 1.82) is 5.26 Å². The molecular weight excluding hydrogens is 373 g/mol. The van der Waals surface area contributed by atoms with Gasteiger partial charge in [-0.2, -0.15) is 18.4 Å². The van der Waals surface area contributed by atoms with Gasteiger partial charge in [0.1, 0.15) is 0 Å². The lowest BCUT2D eigenvalue weighted by molar-refractivity contribution is -0.137. The van der Waals surface area contributed by atoms with E-state index in [9.17, 15) is 18.0 Å². The number of ether oxygens (including phenoxy) is 1. The topological polar surface area (TPSA) is 68.6 Å². The number of methoxy groups -OCH3 is 1. The summed E-state index contributed by atoms with van der Waals surface area (Å²) in [6, 6.07) is 5.28. The van der Waals surface area contributed by atoms with E-state index in [1.807, 2.05) is 4.90 Å². The van der Waals surface area contributed by atoms with Gasteiger partial charge in [0.25, 0.3) is 0 Å². The maximum atomic E-state index is 13.3. The zero-order chi connectivity index (χ0) is 20.5. The predicted molar refractivity (Wildman–Crippen MR) is 96.8 cm³/mol. The van der Waals surface area contributed by atoms with E-state index in [0.29, 0.717) is 38.5 Å². The SMILES string of the molecule is CNC(=O)N1CC[C@@H]2CN(c3ccc(C#N)c(C(F)(F)F)c3)C[C@]2(COC)C1. The third kappa shape index (κ3) is 3.61. The number of urea groups is 1. The van der Waals surface area contributed by atoms with Gasteiger partial charge in [-0.15, -0.1) is 0 Å². The zero-order valence-electron chi connectivity index (χ0n) is 15.8. The van der Waals surface area contributed by atoms with Crippen molar-refractivity contribution in [3.63, 3.8) is 0 Å². The predicted octanol–water partition coefficient (Wildman–Crippen LogP) is 2.69. The van der Waals surface area contributed by atoms with Crippen molar-refractivity contribution in [1.82, 2.24) is 10.2 Å². The van der Waals surface area contributed by atoms with Gasteiger partial charge in [0, 0.05) is 51.4 Å². The Labute approximate surface area is 161 Å². The Morgan fingerprint density at radius 1 is 1.43 bits per heavy atom. The van der Waals surface area contributed by atoms with Gasteiger partial charge in [-0.05, 0) is 30.5 Å². The summed E-state index contributed by atoms with van der Waals surface area (Å²) in [6.45, 7) is 2.59. The van der Waals surface area contributed by atoms with Crippen molar-refractivity contribution < 1.29 is 22.7 Å². The molecule has 2 heterocycles. The molecule has 0 radical (unpaired) electrons. The molecule has 0 aromatic heterocycles. The van der Waals surface area contributed by atoms with Crippen LogP contribution in [0, 0.1) is 22.7 Å². The fourth-order valence-corrected chi connectivity index (χ4v) is 4.47. The molecule has 6 nitrogen and oxygen atoms in total. The molecule has 1 aromatic carbocycles. The number of nitrogens with zero attached hydrogens (tertiary/aromatic N) is 3. The van der Waals surface area contributed by atoms with Gasteiger partial charge in [-0.1, -0.05) is 0 Å². The molecule has 0 spiro atoms. The number of amides is 2. The van der Waals surface area contributed by atoms with Crippen LogP contribution in [0.1, 0.15) is 17.5 Å². The number of rotatable bonds is 3. The molecule has 152 valence electrons. The van der Waals surface area contributed by atoms with Crippen molar-refractivity contribution >= 4 is 11.7 Å². The largest absolute Gasteiger partial charge is 0.417 e. The summed E-state index contributed by atoms with van der Waals surface area (Å²) in [5, 5.41) is 11.6. The smallest absolute Gasteiger partial charge is 0.384 e. The monoisotopic (exact) mass is 396 g/mol. The van der Waals surface area contributed by atoms with Crippen LogP contribution in [0.4, 0.5) is 23.7 Å². The summed E-state index contributed by atoms with van der Waals surface area (Å²) in [7, 11) is 3.17. The second-order valence-electron chi connectivity index (χ2n) is 7.48. The van der Waals surface area contributed by atoms with Gasteiger partial charge in [0.15, 0.2) is 0 Å². The first kappa shape index (κ1) is 20.3. The van der Waals surface area contributed by atoms with Gasteiger partial charge < -0.3 is 19.9 Å². The number of hydrogen-bond donors (Lipinski definition) is 1. The van der Waals surface area contributed by atoms with Crippen molar-refractivity contribution in [2.24, 2.45) is 11.3 Å². The van der Waals surface area contributed by atoms with Crippen LogP contribution in [0.5, 0.6) is 0 Å². The molecular formula is C19H23F3N4O2. The number of carbonyl (C=O) groups is 1. The minimum atomic E-state index is -4.59. The van der Waals surface area contributed by atoms with Crippen molar-refractivity contribution in [3.8, 4) is 6.07 Å². The molecule has 1 aromatic rings. The molecule has 2 amide bonds. The maximum absolute atomic E-state index is 13.3. The third-order valence-electron chi connectivity index (χ3n) is 5.79. The second kappa shape index (κ2) is 7.51. The molecule has 0 unspecified atom stereocenters. The van der Waals surface area contributed by atoms with Crippen LogP contribution in [0.2, 0.25) is 0 Å². The first-order chi connectivity index (χ1) is 13.2. The third-order valence-corrected chi connectivity index (χ3v) is 5.79. The van der Waals surface area contributed by atoms with E-state index in [4.69, 9.17) is 10.00 Å². The number of likely N-dealkylation sites (tertiary alicyclic amines) is 1. The van der Waals surface area contributed by atoms with Crippen LogP contribution in [-0.2, 0) is 10.9 Å². The highest BCUT2D eigenvalue weighted by atomic mass is 19.4. The summed E-state index contributed by atoms with van der Waals surface area (Å²) in [5.41, 5.74) is -1.21. The van der Waals surface area contributed by atoms with Gasteiger partial charge in [0.2, 0.25) is 0 Å². The average molecular weight is 396 g/mol. The summed E-state index contributed by atoms with van der Waals surface area (Å²) in [5.74, 6) is 0.207. The molecule has 2 aliphatic rings. The Morgan fingerprint density at radius 2 is 2.18 bits per heavy atom. The van der Waals surface area contributed by atoms with Crippen LogP contribution >= 0.6 is 0 Å². The second-order valence-corrected chi connectivity index (χ2v) is 7.48. The molecule has 0 aliphatic carbocycles. The zero-order valence-corrected chi connectivity index (χ0v) is 15.8. The lowest BCUT2D eigenvalue weighted by Gasteiger charge is -2.43. The van der Waals surface area contributed by atoms with Crippen LogP contribution in [0.15, 0.2) is 18.2 Å². The first-order valence-corrected chi connectivity index (χ1v) is 9.06. The Hall–Kier alpha value is -2.47. The van der Waals surface area contributed by atoms with Crippen molar-refractivity contribution in [2.75, 3.05) is 51.8 Å². The number of carbonyl (C=O) groups excluding carboxylic acids is 1. The van der Waals surface area contributed by atoms with Gasteiger partial charge in [-0.25, -0.2) is 4.79 Å². The van der Waals surface area contributed by atoms with Crippen molar-refractivity contribution in [2.45, 2.75) is 12.6 Å². The molecule has 9 heteroatoms. The average Bonchev–Trinajstić information content (AvgIpc) is 3.04. The number of fused-ring (bicyclic) bond motifs is 1. The number of nitriles is 1. The van der Waals surface area contributed by atoms with Gasteiger partial charge in [0.05, 0.1) is 23.8 Å². The fourth-order valence-electron chi connectivity index (χ4n) is 4.47. The summed E-state index contributed by atoms with van der Waals surface area (Å²) >= 11 is 0. The molecule has 28 heavy (non-hydrogen) atoms. The molecule has 2 fully saturated rings. The van der Waals surface area contributed by atoms with Crippen LogP contribution < -0.4 is 10.2 Å². The molecule has 3 rings (SSSR count). The van der Waals surface area contributed by atoms with Crippen molar-refractivity contribution in [3.05, 3.63) is 29.3 Å². The highest BCUT2D eigenvalue weighted by molar-refractivity contribution is 5.74. The van der Waals surface area contributed by atoms with E-state index in [2.05, 4.69) is 5.32 Å². The number of halogens is 3. The molecule has 1 N–H and O–H groups in total. The molecule has 2 atom stereocenters. The van der Waals surface area contributed by atoms with E-state index in [1.165, 1.54) is 6.07 Å². The van der Waals surface area contributed by atoms with E-state index in [1.54, 1.807) is 31.2 Å². The molecule has 2 aliphatic heterocycles. The van der Waals surface area contributed by atoms with Crippen LogP contribution in [0.3, 0.4) is 0 Å². The lowest BCUT2D eigenvalue weighted by Crippen LogP contribution is -2.54. The number of benzene rings is 1. The Morgan fingerprint density at radius 3 is 2.79 bits per heavy atom. The quantitative estimate of drug-likeness (QED) is 0.853. The Bertz CT molecular complexity index is 792. The number of anilines is 1. The standard InChI is InChI=1S/C19H23F3N4O2/c1-24-17(27)25-6-5-14-9-26(11-18(14,10-25)12-28-2)15-4-3-13(8-23)16(7-15)19(20,21)22/h3-4,7,14H,5-6,9-12H2,1-2H3,(H,24,27)/t14-,18+/m1/s1. The maximum Gasteiger partial charge on any atom is 0.417 e. The van der Waals surface area contributed by atoms with Crippen LogP contribution in [0.25, 0.3) is 0 Å². The summed E-state index contributed by atoms with van der Waals surface area (Å²) in [4.78, 5) is 15.7. The number of hydrogen-bond acceptors (Lipinski definition) is 4. The highest BCUT2D eigenvalue weighted by Crippen LogP contribution is 2.45. The first-order valence-electron chi connectivity index (χ1n) is 9.06. The van der Waals surface area contributed by atoms with E-state index < -0.39 is 11.7 Å². The normalized spacial score (nSPS) is 24.6. The minimum absolute atomic E-state index is 0.162. The minimum Gasteiger partial charge on any atom is -0.384 e. The summed E-state index contributed by atoms with van der Waals surface area (Å²) < 4.78 is 45.4. The summed E-state index contributed by atoms with van der Waals surface area (Å²) in [6.07, 6.45) is -3.83. The van der Waals surface area contributed by atoms with E-state index in [0.717, 1.165) is 12.5 Å². The lowest BCUT2D eigenvalue weighted by atomic mass is 9.74. The van der Waals surface area contributed by atoms with E-state index in [-0.39, 0.29) is 22.9 Å². The van der Waals surface area contributed by atoms with Crippen LogP contribution in [-0.4, -0.2) is 57.9 Å². The molecule has 0 saturated carbocycles. The molecule has 0 bridgehead atoms. The van der Waals surface area contributed by atoms with Gasteiger partial charge >= 0.3 is 12.2 Å². The highest BCUT2D eigenvalue weighted by Gasteiger charge is 2.51. The number of nitrogens with one attached hydrogen (secondary N) is 1.